The predicted molar refractivity (Wildman–Crippen MR) is 78.7 cm³/mol. The van der Waals surface area contributed by atoms with E-state index in [0.29, 0.717) is 17.5 Å². The van der Waals surface area contributed by atoms with E-state index in [1.54, 1.807) is 4.57 Å². The van der Waals surface area contributed by atoms with E-state index < -0.39 is 0 Å². The van der Waals surface area contributed by atoms with Crippen molar-refractivity contribution in [3.8, 4) is 11.5 Å². The largest absolute Gasteiger partial charge is 0.454 e. The zero-order valence-corrected chi connectivity index (χ0v) is 12.4. The SMILES string of the molecule is CCn1c(SCC(N)c2ccc3c(c2)OCO3)n[nH]c1=O. The number of H-pyrrole nitrogens is 1. The van der Waals surface area contributed by atoms with E-state index in [4.69, 9.17) is 15.2 Å². The van der Waals surface area contributed by atoms with Gasteiger partial charge in [0.15, 0.2) is 16.7 Å². The highest BCUT2D eigenvalue weighted by Crippen LogP contribution is 2.34. The fourth-order valence-corrected chi connectivity index (χ4v) is 3.10. The van der Waals surface area contributed by atoms with Crippen LogP contribution in [0, 0.1) is 0 Å². The lowest BCUT2D eigenvalue weighted by Gasteiger charge is -2.12. The van der Waals surface area contributed by atoms with Crippen molar-refractivity contribution in [1.29, 1.82) is 0 Å². The second kappa shape index (κ2) is 5.82. The van der Waals surface area contributed by atoms with Crippen LogP contribution in [0.2, 0.25) is 0 Å². The molecule has 1 unspecified atom stereocenters. The lowest BCUT2D eigenvalue weighted by molar-refractivity contribution is 0.174. The lowest BCUT2D eigenvalue weighted by Crippen LogP contribution is -2.17. The second-order valence-electron chi connectivity index (χ2n) is 4.59. The van der Waals surface area contributed by atoms with E-state index in [9.17, 15) is 4.79 Å². The molecule has 0 amide bonds. The van der Waals surface area contributed by atoms with Gasteiger partial charge in [-0.3, -0.25) is 4.57 Å². The van der Waals surface area contributed by atoms with Gasteiger partial charge in [-0.2, -0.15) is 0 Å². The molecule has 0 spiro atoms. The van der Waals surface area contributed by atoms with Crippen LogP contribution in [0.4, 0.5) is 0 Å². The van der Waals surface area contributed by atoms with Crippen LogP contribution < -0.4 is 20.9 Å². The molecule has 2 aromatic rings. The minimum absolute atomic E-state index is 0.179. The van der Waals surface area contributed by atoms with Gasteiger partial charge in [0.1, 0.15) is 0 Å². The number of aromatic nitrogens is 3. The van der Waals surface area contributed by atoms with Gasteiger partial charge in [-0.25, -0.2) is 9.89 Å². The number of hydrogen-bond donors (Lipinski definition) is 2. The van der Waals surface area contributed by atoms with E-state index in [1.807, 2.05) is 25.1 Å². The summed E-state index contributed by atoms with van der Waals surface area (Å²) in [5.41, 5.74) is 6.96. The van der Waals surface area contributed by atoms with Gasteiger partial charge in [0.05, 0.1) is 0 Å². The molecule has 0 saturated carbocycles. The van der Waals surface area contributed by atoms with Gasteiger partial charge in [-0.05, 0) is 24.6 Å². The first-order chi connectivity index (χ1) is 10.2. The zero-order valence-electron chi connectivity index (χ0n) is 11.5. The van der Waals surface area contributed by atoms with Crippen molar-refractivity contribution >= 4 is 11.8 Å². The molecule has 0 fully saturated rings. The number of benzene rings is 1. The molecule has 2 heterocycles. The van der Waals surface area contributed by atoms with Crippen LogP contribution in [0.25, 0.3) is 0 Å². The van der Waals surface area contributed by atoms with Gasteiger partial charge in [0.2, 0.25) is 6.79 Å². The molecule has 1 aliphatic heterocycles. The first-order valence-corrected chi connectivity index (χ1v) is 7.60. The van der Waals surface area contributed by atoms with Gasteiger partial charge >= 0.3 is 5.69 Å². The third-order valence-electron chi connectivity index (χ3n) is 3.26. The van der Waals surface area contributed by atoms with Crippen molar-refractivity contribution in [3.05, 3.63) is 34.2 Å². The van der Waals surface area contributed by atoms with Crippen LogP contribution in [0.1, 0.15) is 18.5 Å². The highest BCUT2D eigenvalue weighted by atomic mass is 32.2. The van der Waals surface area contributed by atoms with Gasteiger partial charge in [-0.15, -0.1) is 5.10 Å². The number of hydrogen-bond acceptors (Lipinski definition) is 6. The summed E-state index contributed by atoms with van der Waals surface area (Å²) in [6, 6.07) is 5.50. The summed E-state index contributed by atoms with van der Waals surface area (Å²) in [5.74, 6) is 2.08. The molecular weight excluding hydrogens is 292 g/mol. The maximum absolute atomic E-state index is 11.5. The van der Waals surface area contributed by atoms with Crippen LogP contribution in [0.15, 0.2) is 28.2 Å². The fraction of sp³-hybridized carbons (Fsp3) is 0.385. The van der Waals surface area contributed by atoms with Crippen molar-refractivity contribution in [2.24, 2.45) is 5.73 Å². The third kappa shape index (κ3) is 2.77. The van der Waals surface area contributed by atoms with Gasteiger partial charge in [0, 0.05) is 18.3 Å². The smallest absolute Gasteiger partial charge is 0.343 e. The van der Waals surface area contributed by atoms with Crippen molar-refractivity contribution < 1.29 is 9.47 Å². The summed E-state index contributed by atoms with van der Waals surface area (Å²) < 4.78 is 12.2. The average molecular weight is 308 g/mol. The quantitative estimate of drug-likeness (QED) is 0.804. The van der Waals surface area contributed by atoms with E-state index in [1.165, 1.54) is 11.8 Å². The number of rotatable bonds is 5. The summed E-state index contributed by atoms with van der Waals surface area (Å²) in [6.45, 7) is 2.73. The predicted octanol–water partition coefficient (Wildman–Crippen LogP) is 1.11. The summed E-state index contributed by atoms with van der Waals surface area (Å²) in [6.07, 6.45) is 0. The standard InChI is InChI=1S/C13H16N4O3S/c1-2-17-12(18)15-16-13(17)21-6-9(14)8-3-4-10-11(5-8)20-7-19-10/h3-5,9H,2,6-7,14H2,1H3,(H,15,18). The Hall–Kier alpha value is -1.93. The van der Waals surface area contributed by atoms with Crippen LogP contribution in [0.3, 0.4) is 0 Å². The average Bonchev–Trinajstić information content (AvgIpc) is 3.09. The maximum atomic E-state index is 11.5. The van der Waals surface area contributed by atoms with Gasteiger partial charge in [-0.1, -0.05) is 17.8 Å². The number of aromatic amines is 1. The summed E-state index contributed by atoms with van der Waals surface area (Å²) in [7, 11) is 0. The fourth-order valence-electron chi connectivity index (χ4n) is 2.10. The highest BCUT2D eigenvalue weighted by Gasteiger charge is 2.17. The molecule has 0 bridgehead atoms. The van der Waals surface area contributed by atoms with Crippen LogP contribution in [-0.2, 0) is 6.54 Å². The van der Waals surface area contributed by atoms with Crippen LogP contribution in [0.5, 0.6) is 11.5 Å². The Labute approximate surface area is 125 Å². The van der Waals surface area contributed by atoms with E-state index >= 15 is 0 Å². The number of nitrogens with two attached hydrogens (primary N) is 1. The van der Waals surface area contributed by atoms with E-state index in [-0.39, 0.29) is 18.5 Å². The Morgan fingerprint density at radius 1 is 1.48 bits per heavy atom. The topological polar surface area (TPSA) is 95.2 Å². The van der Waals surface area contributed by atoms with E-state index in [2.05, 4.69) is 10.2 Å². The van der Waals surface area contributed by atoms with E-state index in [0.717, 1.165) is 17.1 Å². The molecule has 3 N–H and O–H groups in total. The number of nitrogens with zero attached hydrogens (tertiary/aromatic N) is 2. The van der Waals surface area contributed by atoms with Crippen molar-refractivity contribution in [3.63, 3.8) is 0 Å². The first-order valence-electron chi connectivity index (χ1n) is 6.62. The molecule has 1 atom stereocenters. The first kappa shape index (κ1) is 14.0. The van der Waals surface area contributed by atoms with Crippen LogP contribution >= 0.6 is 11.8 Å². The summed E-state index contributed by atoms with van der Waals surface area (Å²) >= 11 is 1.45. The molecule has 7 nitrogen and oxygen atoms in total. The number of nitrogens with one attached hydrogen (secondary N) is 1. The highest BCUT2D eigenvalue weighted by molar-refractivity contribution is 7.99. The molecule has 1 aromatic carbocycles. The molecule has 8 heteroatoms. The Kier molecular flexibility index (Phi) is 3.89. The Bertz CT molecular complexity index is 697. The minimum atomic E-state index is -0.198. The lowest BCUT2D eigenvalue weighted by atomic mass is 10.1. The molecule has 112 valence electrons. The Morgan fingerprint density at radius 3 is 3.10 bits per heavy atom. The van der Waals surface area contributed by atoms with Gasteiger partial charge in [0.25, 0.3) is 0 Å². The number of fused-ring (bicyclic) bond motifs is 1. The zero-order chi connectivity index (χ0) is 14.8. The molecule has 0 saturated heterocycles. The molecule has 0 radical (unpaired) electrons. The monoisotopic (exact) mass is 308 g/mol. The molecule has 0 aliphatic carbocycles. The summed E-state index contributed by atoms with van der Waals surface area (Å²) in [4.78, 5) is 11.5. The molecule has 21 heavy (non-hydrogen) atoms. The Balaban J connectivity index is 1.69. The van der Waals surface area contributed by atoms with Crippen molar-refractivity contribution in [1.82, 2.24) is 14.8 Å². The molecular formula is C13H16N4O3S. The van der Waals surface area contributed by atoms with Crippen molar-refractivity contribution in [2.75, 3.05) is 12.5 Å². The van der Waals surface area contributed by atoms with Crippen LogP contribution in [-0.4, -0.2) is 27.3 Å². The third-order valence-corrected chi connectivity index (χ3v) is 4.35. The number of thioether (sulfide) groups is 1. The molecule has 3 rings (SSSR count). The second-order valence-corrected chi connectivity index (χ2v) is 5.57. The molecule has 1 aliphatic rings. The maximum Gasteiger partial charge on any atom is 0.343 e. The van der Waals surface area contributed by atoms with Gasteiger partial charge < -0.3 is 15.2 Å². The Morgan fingerprint density at radius 2 is 2.29 bits per heavy atom. The van der Waals surface area contributed by atoms with Crippen molar-refractivity contribution in [2.45, 2.75) is 24.7 Å². The number of ether oxygens (including phenoxy) is 2. The normalized spacial score (nSPS) is 14.4. The summed E-state index contributed by atoms with van der Waals surface area (Å²) in [5, 5.41) is 7.09. The molecule has 1 aromatic heterocycles. The minimum Gasteiger partial charge on any atom is -0.454 e.